The number of carbonyl (C=O) groups excluding carboxylic acids is 1. The van der Waals surface area contributed by atoms with Crippen molar-refractivity contribution in [2.45, 2.75) is 12.8 Å². The maximum atomic E-state index is 13.0. The third-order valence-corrected chi connectivity index (χ3v) is 6.23. The van der Waals surface area contributed by atoms with Crippen LogP contribution in [0.25, 0.3) is 10.6 Å². The van der Waals surface area contributed by atoms with Crippen molar-refractivity contribution in [1.82, 2.24) is 9.88 Å². The number of rotatable bonds is 4. The minimum absolute atomic E-state index is 0. The van der Waals surface area contributed by atoms with Crippen molar-refractivity contribution in [3.05, 3.63) is 76.8 Å². The number of likely N-dealkylation sites (tertiary alicyclic amines) is 1. The van der Waals surface area contributed by atoms with Crippen LogP contribution in [0.1, 0.15) is 27.5 Å². The lowest BCUT2D eigenvalue weighted by molar-refractivity contribution is 0.0781. The lowest BCUT2D eigenvalue weighted by Gasteiger charge is -2.16. The van der Waals surface area contributed by atoms with E-state index >= 15 is 0 Å². The Labute approximate surface area is 175 Å². The highest BCUT2D eigenvalue weighted by atomic mass is 35.5. The molecule has 4 nitrogen and oxygen atoms in total. The van der Waals surface area contributed by atoms with Crippen LogP contribution in [-0.2, 0) is 0 Å². The predicted molar refractivity (Wildman–Crippen MR) is 117 cm³/mol. The van der Waals surface area contributed by atoms with Crippen molar-refractivity contribution in [1.29, 1.82) is 0 Å². The van der Waals surface area contributed by atoms with Gasteiger partial charge in [0.1, 0.15) is 10.7 Å². The van der Waals surface area contributed by atoms with Crippen molar-refractivity contribution in [2.75, 3.05) is 19.6 Å². The number of benzene rings is 2. The van der Waals surface area contributed by atoms with Crippen LogP contribution >= 0.6 is 23.7 Å². The number of nitrogens with two attached hydrogens (primary N) is 1. The Kier molecular flexibility index (Phi) is 6.50. The number of hydrogen-bond acceptors (Lipinski definition) is 4. The van der Waals surface area contributed by atoms with Gasteiger partial charge in [-0.1, -0.05) is 54.6 Å². The lowest BCUT2D eigenvalue weighted by atomic mass is 9.89. The Morgan fingerprint density at radius 1 is 1.14 bits per heavy atom. The fourth-order valence-corrected chi connectivity index (χ4v) is 4.71. The van der Waals surface area contributed by atoms with Gasteiger partial charge in [-0.15, -0.1) is 23.7 Å². The number of carbonyl (C=O) groups is 1. The fourth-order valence-electron chi connectivity index (χ4n) is 3.82. The zero-order valence-electron chi connectivity index (χ0n) is 15.7. The zero-order valence-corrected chi connectivity index (χ0v) is 17.4. The molecule has 146 valence electrons. The highest BCUT2D eigenvalue weighted by molar-refractivity contribution is 7.13. The second-order valence-corrected chi connectivity index (χ2v) is 7.93. The molecule has 1 fully saturated rings. The molecule has 0 unspecified atom stereocenters. The Bertz CT molecular complexity index is 944. The van der Waals surface area contributed by atoms with Crippen LogP contribution in [0.2, 0.25) is 0 Å². The number of thiazole rings is 1. The topological polar surface area (TPSA) is 59.2 Å². The summed E-state index contributed by atoms with van der Waals surface area (Å²) < 4.78 is 0. The van der Waals surface area contributed by atoms with Crippen molar-refractivity contribution in [3.8, 4) is 10.6 Å². The number of nitrogens with zero attached hydrogens (tertiary/aromatic N) is 2. The first-order valence-corrected chi connectivity index (χ1v) is 10.1. The number of hydrogen-bond donors (Lipinski definition) is 1. The van der Waals surface area contributed by atoms with Crippen LogP contribution in [-0.4, -0.2) is 35.4 Å². The van der Waals surface area contributed by atoms with E-state index in [1.54, 1.807) is 0 Å². The quantitative estimate of drug-likeness (QED) is 0.691. The van der Waals surface area contributed by atoms with E-state index in [0.29, 0.717) is 25.3 Å². The van der Waals surface area contributed by atoms with E-state index < -0.39 is 0 Å². The molecule has 2 N–H and O–H groups in total. The van der Waals surface area contributed by atoms with Crippen molar-refractivity contribution < 1.29 is 4.79 Å². The Morgan fingerprint density at radius 3 is 2.57 bits per heavy atom. The zero-order chi connectivity index (χ0) is 18.8. The first kappa shape index (κ1) is 20.5. The van der Waals surface area contributed by atoms with Crippen molar-refractivity contribution in [3.63, 3.8) is 0 Å². The number of amides is 1. The summed E-state index contributed by atoms with van der Waals surface area (Å²) >= 11 is 1.52. The molecule has 28 heavy (non-hydrogen) atoms. The lowest BCUT2D eigenvalue weighted by Crippen LogP contribution is -2.30. The van der Waals surface area contributed by atoms with Gasteiger partial charge in [0.05, 0.1) is 0 Å². The summed E-state index contributed by atoms with van der Waals surface area (Å²) in [6.45, 7) is 4.03. The number of aryl methyl sites for hydroxylation is 1. The maximum Gasteiger partial charge on any atom is 0.273 e. The summed E-state index contributed by atoms with van der Waals surface area (Å²) in [4.78, 5) is 19.6. The van der Waals surface area contributed by atoms with Gasteiger partial charge in [0.2, 0.25) is 0 Å². The summed E-state index contributed by atoms with van der Waals surface area (Å²) in [7, 11) is 0. The molecule has 2 atom stereocenters. The SMILES string of the molecule is Cc1ccccc1-c1nc(C(=O)N2C[C@@H](CN)[C@H](c3ccccc3)C2)cs1.Cl. The predicted octanol–water partition coefficient (Wildman–Crippen LogP) is 4.35. The smallest absolute Gasteiger partial charge is 0.273 e. The van der Waals surface area contributed by atoms with Gasteiger partial charge in [0.15, 0.2) is 0 Å². The Balaban J connectivity index is 0.00000225. The minimum Gasteiger partial charge on any atom is -0.336 e. The van der Waals surface area contributed by atoms with Crippen LogP contribution < -0.4 is 5.73 Å². The number of halogens is 1. The normalized spacial score (nSPS) is 18.7. The first-order chi connectivity index (χ1) is 13.2. The van der Waals surface area contributed by atoms with E-state index in [-0.39, 0.29) is 30.2 Å². The van der Waals surface area contributed by atoms with Crippen molar-refractivity contribution >= 4 is 29.7 Å². The standard InChI is InChI=1S/C22H23N3OS.ClH/c1-15-7-5-6-10-18(15)21-24-20(14-27-21)22(26)25-12-17(11-23)19(13-25)16-8-3-2-4-9-16;/h2-10,14,17,19H,11-13,23H2,1H3;1H/t17-,19+;/m1./s1. The second-order valence-electron chi connectivity index (χ2n) is 7.08. The molecule has 0 aliphatic carbocycles. The molecule has 1 aliphatic heterocycles. The van der Waals surface area contributed by atoms with Crippen LogP contribution in [0.4, 0.5) is 0 Å². The average Bonchev–Trinajstić information content (AvgIpc) is 3.36. The molecule has 3 aromatic rings. The summed E-state index contributed by atoms with van der Waals surface area (Å²) in [5, 5.41) is 2.77. The van der Waals surface area contributed by atoms with E-state index in [1.165, 1.54) is 22.5 Å². The van der Waals surface area contributed by atoms with E-state index in [2.05, 4.69) is 30.1 Å². The highest BCUT2D eigenvalue weighted by Gasteiger charge is 2.36. The molecule has 2 heterocycles. The maximum absolute atomic E-state index is 13.0. The van der Waals surface area contributed by atoms with Gasteiger partial charge >= 0.3 is 0 Å². The van der Waals surface area contributed by atoms with E-state index in [9.17, 15) is 4.79 Å². The van der Waals surface area contributed by atoms with Gasteiger partial charge in [-0.05, 0) is 30.5 Å². The largest absolute Gasteiger partial charge is 0.336 e. The van der Waals surface area contributed by atoms with Crippen molar-refractivity contribution in [2.24, 2.45) is 11.7 Å². The minimum atomic E-state index is 0. The van der Waals surface area contributed by atoms with Gasteiger partial charge in [0.25, 0.3) is 5.91 Å². The van der Waals surface area contributed by atoms with Crippen LogP contribution in [0.15, 0.2) is 60.0 Å². The molecule has 0 saturated carbocycles. The third-order valence-electron chi connectivity index (χ3n) is 5.36. The molecule has 0 radical (unpaired) electrons. The molecule has 6 heteroatoms. The van der Waals surface area contributed by atoms with E-state index in [0.717, 1.165) is 10.6 Å². The summed E-state index contributed by atoms with van der Waals surface area (Å²) in [6.07, 6.45) is 0. The molecule has 4 rings (SSSR count). The average molecular weight is 414 g/mol. The molecule has 0 bridgehead atoms. The Morgan fingerprint density at radius 2 is 1.86 bits per heavy atom. The van der Waals surface area contributed by atoms with Gasteiger partial charge < -0.3 is 10.6 Å². The van der Waals surface area contributed by atoms with Gasteiger partial charge in [-0.25, -0.2) is 4.98 Å². The monoisotopic (exact) mass is 413 g/mol. The fraction of sp³-hybridized carbons (Fsp3) is 0.273. The second kappa shape index (κ2) is 8.86. The molecule has 1 amide bonds. The Hall–Kier alpha value is -2.21. The molecule has 1 saturated heterocycles. The molecule has 1 aliphatic rings. The number of aromatic nitrogens is 1. The van der Waals surface area contributed by atoms with Gasteiger partial charge in [-0.3, -0.25) is 4.79 Å². The molecule has 0 spiro atoms. The molecular formula is C22H24ClN3OS. The molecule has 1 aromatic heterocycles. The summed E-state index contributed by atoms with van der Waals surface area (Å²) in [5.74, 6) is 0.573. The molecule has 2 aromatic carbocycles. The summed E-state index contributed by atoms with van der Waals surface area (Å²) in [5.41, 5.74) is 10.0. The van der Waals surface area contributed by atoms with Gasteiger partial charge in [-0.2, -0.15) is 0 Å². The van der Waals surface area contributed by atoms with Crippen LogP contribution in [0.5, 0.6) is 0 Å². The van der Waals surface area contributed by atoms with Gasteiger partial charge in [0, 0.05) is 30.0 Å². The van der Waals surface area contributed by atoms with Crippen LogP contribution in [0, 0.1) is 12.8 Å². The highest BCUT2D eigenvalue weighted by Crippen LogP contribution is 2.33. The molecular weight excluding hydrogens is 390 g/mol. The summed E-state index contributed by atoms with van der Waals surface area (Å²) in [6, 6.07) is 18.5. The third kappa shape index (κ3) is 3.97. The van der Waals surface area contributed by atoms with E-state index in [1.807, 2.05) is 46.7 Å². The van der Waals surface area contributed by atoms with E-state index in [4.69, 9.17) is 5.73 Å². The first-order valence-electron chi connectivity index (χ1n) is 9.23. The van der Waals surface area contributed by atoms with Crippen LogP contribution in [0.3, 0.4) is 0 Å².